The van der Waals surface area contributed by atoms with Crippen molar-refractivity contribution >= 4 is 5.78 Å². The summed E-state index contributed by atoms with van der Waals surface area (Å²) in [4.78, 5) is 15.6. The first kappa shape index (κ1) is 14.0. The van der Waals surface area contributed by atoms with Crippen LogP contribution in [-0.2, 0) is 0 Å². The fourth-order valence-electron chi connectivity index (χ4n) is 1.51. The van der Waals surface area contributed by atoms with Crippen molar-refractivity contribution in [3.05, 3.63) is 59.7 Å². The summed E-state index contributed by atoms with van der Waals surface area (Å²) < 4.78 is 53.1. The molecular formula is C13H7F4NO2. The third-order valence-corrected chi connectivity index (χ3v) is 2.32. The molecule has 1 heterocycles. The van der Waals surface area contributed by atoms with E-state index in [2.05, 4.69) is 9.72 Å². The van der Waals surface area contributed by atoms with Gasteiger partial charge in [0.15, 0.2) is 0 Å². The van der Waals surface area contributed by atoms with Gasteiger partial charge in [-0.1, -0.05) is 6.07 Å². The van der Waals surface area contributed by atoms with Crippen molar-refractivity contribution in [1.82, 2.24) is 4.98 Å². The van der Waals surface area contributed by atoms with Crippen molar-refractivity contribution in [2.75, 3.05) is 0 Å². The lowest BCUT2D eigenvalue weighted by Gasteiger charge is -2.09. The lowest BCUT2D eigenvalue weighted by molar-refractivity contribution is -0.274. The van der Waals surface area contributed by atoms with E-state index in [-0.39, 0.29) is 11.3 Å². The van der Waals surface area contributed by atoms with Crippen LogP contribution in [0.3, 0.4) is 0 Å². The largest absolute Gasteiger partial charge is 0.573 e. The maximum atomic E-state index is 13.7. The Morgan fingerprint density at radius 3 is 2.45 bits per heavy atom. The fraction of sp³-hybridized carbons (Fsp3) is 0.0769. The fourth-order valence-corrected chi connectivity index (χ4v) is 1.51. The van der Waals surface area contributed by atoms with Gasteiger partial charge in [-0.2, -0.15) is 0 Å². The van der Waals surface area contributed by atoms with Gasteiger partial charge in [-0.05, 0) is 24.3 Å². The molecule has 2 aromatic rings. The highest BCUT2D eigenvalue weighted by Crippen LogP contribution is 2.25. The van der Waals surface area contributed by atoms with Crippen LogP contribution in [0.1, 0.15) is 16.1 Å². The van der Waals surface area contributed by atoms with Crippen LogP contribution in [0, 0.1) is 5.82 Å². The Kier molecular flexibility index (Phi) is 3.69. The molecule has 0 N–H and O–H groups in total. The normalized spacial score (nSPS) is 11.2. The third kappa shape index (κ3) is 3.31. The van der Waals surface area contributed by atoms with Crippen molar-refractivity contribution < 1.29 is 27.1 Å². The summed E-state index contributed by atoms with van der Waals surface area (Å²) in [5.41, 5.74) is -0.380. The van der Waals surface area contributed by atoms with Gasteiger partial charge in [0, 0.05) is 12.3 Å². The predicted octanol–water partition coefficient (Wildman–Crippen LogP) is 3.35. The molecule has 0 amide bonds. The van der Waals surface area contributed by atoms with Crippen LogP contribution < -0.4 is 4.74 Å². The minimum absolute atomic E-state index is 0.00381. The molecule has 0 aliphatic heterocycles. The molecule has 7 heteroatoms. The molecule has 0 bridgehead atoms. The molecule has 20 heavy (non-hydrogen) atoms. The average molecular weight is 285 g/mol. The van der Waals surface area contributed by atoms with Gasteiger partial charge in [0.1, 0.15) is 17.3 Å². The SMILES string of the molecule is O=C(c1ccccn1)c1ccc(OC(F)(F)F)cc1F. The minimum Gasteiger partial charge on any atom is -0.406 e. The van der Waals surface area contributed by atoms with Crippen LogP contribution in [0.15, 0.2) is 42.6 Å². The van der Waals surface area contributed by atoms with E-state index in [0.29, 0.717) is 6.07 Å². The van der Waals surface area contributed by atoms with E-state index in [0.717, 1.165) is 12.1 Å². The highest BCUT2D eigenvalue weighted by molar-refractivity contribution is 6.07. The first-order chi connectivity index (χ1) is 9.37. The van der Waals surface area contributed by atoms with Gasteiger partial charge in [-0.3, -0.25) is 9.78 Å². The molecule has 0 fully saturated rings. The topological polar surface area (TPSA) is 39.2 Å². The van der Waals surface area contributed by atoms with Crippen LogP contribution in [0.4, 0.5) is 17.6 Å². The number of benzene rings is 1. The van der Waals surface area contributed by atoms with Crippen molar-refractivity contribution in [3.8, 4) is 5.75 Å². The van der Waals surface area contributed by atoms with Crippen molar-refractivity contribution in [1.29, 1.82) is 0 Å². The summed E-state index contributed by atoms with van der Waals surface area (Å²) in [6.45, 7) is 0. The Hall–Kier alpha value is -2.44. The second-order valence-corrected chi connectivity index (χ2v) is 3.73. The Labute approximate surface area is 110 Å². The van der Waals surface area contributed by atoms with Gasteiger partial charge in [-0.15, -0.1) is 13.2 Å². The minimum atomic E-state index is -4.92. The van der Waals surface area contributed by atoms with Crippen molar-refractivity contribution in [2.24, 2.45) is 0 Å². The molecule has 0 saturated carbocycles. The Morgan fingerprint density at radius 2 is 1.90 bits per heavy atom. The number of hydrogen-bond acceptors (Lipinski definition) is 3. The van der Waals surface area contributed by atoms with E-state index in [1.165, 1.54) is 12.3 Å². The van der Waals surface area contributed by atoms with E-state index in [9.17, 15) is 22.4 Å². The number of alkyl halides is 3. The highest BCUT2D eigenvalue weighted by atomic mass is 19.4. The van der Waals surface area contributed by atoms with E-state index in [4.69, 9.17) is 0 Å². The maximum absolute atomic E-state index is 13.7. The van der Waals surface area contributed by atoms with Gasteiger partial charge in [-0.25, -0.2) is 4.39 Å². The molecule has 1 aromatic carbocycles. The Balaban J connectivity index is 2.29. The number of nitrogens with zero attached hydrogens (tertiary/aromatic N) is 1. The lowest BCUT2D eigenvalue weighted by Crippen LogP contribution is -2.17. The quantitative estimate of drug-likeness (QED) is 0.641. The maximum Gasteiger partial charge on any atom is 0.573 e. The molecule has 0 aliphatic carbocycles. The summed E-state index contributed by atoms with van der Waals surface area (Å²) in [5.74, 6) is -2.56. The molecule has 2 rings (SSSR count). The second kappa shape index (κ2) is 5.28. The lowest BCUT2D eigenvalue weighted by atomic mass is 10.1. The number of hydrogen-bond donors (Lipinski definition) is 0. The summed E-state index contributed by atoms with van der Waals surface area (Å²) in [7, 11) is 0. The van der Waals surface area contributed by atoms with E-state index in [1.54, 1.807) is 12.1 Å². The van der Waals surface area contributed by atoms with Gasteiger partial charge < -0.3 is 4.74 Å². The third-order valence-electron chi connectivity index (χ3n) is 2.32. The summed E-state index contributed by atoms with van der Waals surface area (Å²) in [5, 5.41) is 0. The zero-order chi connectivity index (χ0) is 14.8. The molecular weight excluding hydrogens is 278 g/mol. The molecule has 0 aliphatic rings. The standard InChI is InChI=1S/C13H7F4NO2/c14-10-7-8(20-13(15,16)17)4-5-9(10)12(19)11-3-1-2-6-18-11/h1-7H. The van der Waals surface area contributed by atoms with Gasteiger partial charge in [0.25, 0.3) is 0 Å². The molecule has 0 atom stereocenters. The van der Waals surface area contributed by atoms with Gasteiger partial charge >= 0.3 is 6.36 Å². The summed E-state index contributed by atoms with van der Waals surface area (Å²) in [6.07, 6.45) is -3.56. The zero-order valence-corrected chi connectivity index (χ0v) is 9.82. The number of rotatable bonds is 3. The second-order valence-electron chi connectivity index (χ2n) is 3.73. The Morgan fingerprint density at radius 1 is 1.15 bits per heavy atom. The number of ketones is 1. The summed E-state index contributed by atoms with van der Waals surface area (Å²) in [6, 6.07) is 6.79. The average Bonchev–Trinajstić information content (AvgIpc) is 2.37. The number of aromatic nitrogens is 1. The number of halogens is 4. The Bertz CT molecular complexity index is 626. The number of carbonyl (C=O) groups is 1. The van der Waals surface area contributed by atoms with Crippen molar-refractivity contribution in [2.45, 2.75) is 6.36 Å². The first-order valence-electron chi connectivity index (χ1n) is 5.38. The highest BCUT2D eigenvalue weighted by Gasteiger charge is 2.31. The molecule has 3 nitrogen and oxygen atoms in total. The molecule has 0 radical (unpaired) electrons. The summed E-state index contributed by atoms with van der Waals surface area (Å²) >= 11 is 0. The monoisotopic (exact) mass is 285 g/mol. The number of pyridine rings is 1. The van der Waals surface area contributed by atoms with Crippen molar-refractivity contribution in [3.63, 3.8) is 0 Å². The number of ether oxygens (including phenoxy) is 1. The van der Waals surface area contributed by atoms with E-state index in [1.807, 2.05) is 0 Å². The molecule has 104 valence electrons. The van der Waals surface area contributed by atoms with Gasteiger partial charge in [0.05, 0.1) is 5.56 Å². The zero-order valence-electron chi connectivity index (χ0n) is 9.82. The molecule has 0 unspecified atom stereocenters. The van der Waals surface area contributed by atoms with Crippen LogP contribution in [0.2, 0.25) is 0 Å². The number of carbonyl (C=O) groups excluding carboxylic acids is 1. The first-order valence-corrected chi connectivity index (χ1v) is 5.38. The van der Waals surface area contributed by atoms with Crippen LogP contribution >= 0.6 is 0 Å². The molecule has 1 aromatic heterocycles. The van der Waals surface area contributed by atoms with Crippen LogP contribution in [0.5, 0.6) is 5.75 Å². The smallest absolute Gasteiger partial charge is 0.406 e. The van der Waals surface area contributed by atoms with E-state index >= 15 is 0 Å². The molecule has 0 spiro atoms. The van der Waals surface area contributed by atoms with E-state index < -0.39 is 23.7 Å². The van der Waals surface area contributed by atoms with Crippen LogP contribution in [-0.4, -0.2) is 17.1 Å². The predicted molar refractivity (Wildman–Crippen MR) is 60.8 cm³/mol. The van der Waals surface area contributed by atoms with Gasteiger partial charge in [0.2, 0.25) is 5.78 Å². The molecule has 0 saturated heterocycles. The van der Waals surface area contributed by atoms with Crippen LogP contribution in [0.25, 0.3) is 0 Å².